The Morgan fingerprint density at radius 2 is 1.12 bits per heavy atom. The van der Waals surface area contributed by atoms with Crippen LogP contribution in [0.1, 0.15) is 16.7 Å². The number of ether oxygens (including phenoxy) is 3. The van der Waals surface area contributed by atoms with Crippen molar-refractivity contribution in [2.24, 2.45) is 0 Å². The highest BCUT2D eigenvalue weighted by Crippen LogP contribution is 2.41. The summed E-state index contributed by atoms with van der Waals surface area (Å²) in [6.07, 6.45) is -6.08. The summed E-state index contributed by atoms with van der Waals surface area (Å²) in [5.41, 5.74) is 1.74. The van der Waals surface area contributed by atoms with E-state index in [4.69, 9.17) is 14.2 Å². The number of rotatable bonds is 7. The Hall–Kier alpha value is -2.58. The Labute approximate surface area is 187 Å². The van der Waals surface area contributed by atoms with Gasteiger partial charge >= 0.3 is 0 Å². The summed E-state index contributed by atoms with van der Waals surface area (Å²) in [4.78, 5) is 0. The van der Waals surface area contributed by atoms with E-state index in [-0.39, 0.29) is 6.61 Å². The fourth-order valence-corrected chi connectivity index (χ4v) is 4.22. The zero-order valence-electron chi connectivity index (χ0n) is 17.8. The van der Waals surface area contributed by atoms with Crippen molar-refractivity contribution in [2.45, 2.75) is 36.3 Å². The predicted octanol–water partition coefficient (Wildman–Crippen LogP) is 2.45. The molecule has 0 radical (unpaired) electrons. The average molecular weight is 437 g/mol. The topological polar surface area (TPSA) is 88.4 Å². The van der Waals surface area contributed by atoms with Gasteiger partial charge in [-0.2, -0.15) is 0 Å². The van der Waals surface area contributed by atoms with Crippen molar-refractivity contribution < 1.29 is 29.5 Å². The molecule has 4 rings (SSSR count). The first-order chi connectivity index (χ1) is 15.6. The number of aliphatic hydroxyl groups is 3. The minimum Gasteiger partial charge on any atom is -0.387 e. The second kappa shape index (κ2) is 9.92. The molecule has 0 spiro atoms. The van der Waals surface area contributed by atoms with Gasteiger partial charge in [0.05, 0.1) is 6.61 Å². The predicted molar refractivity (Wildman–Crippen MR) is 119 cm³/mol. The van der Waals surface area contributed by atoms with Crippen molar-refractivity contribution in [1.82, 2.24) is 0 Å². The summed E-state index contributed by atoms with van der Waals surface area (Å²) in [6, 6.07) is 29.5. The summed E-state index contributed by atoms with van der Waals surface area (Å²) in [6.45, 7) is -0.0521. The van der Waals surface area contributed by atoms with E-state index in [1.165, 1.54) is 7.11 Å². The summed E-state index contributed by atoms with van der Waals surface area (Å²) in [5.74, 6) is 0. The van der Waals surface area contributed by atoms with Crippen molar-refractivity contribution >= 4 is 0 Å². The van der Waals surface area contributed by atoms with Crippen LogP contribution in [0.4, 0.5) is 0 Å². The van der Waals surface area contributed by atoms with Crippen molar-refractivity contribution in [3.8, 4) is 0 Å². The first-order valence-electron chi connectivity index (χ1n) is 10.6. The van der Waals surface area contributed by atoms with Crippen LogP contribution in [0.25, 0.3) is 0 Å². The lowest BCUT2D eigenvalue weighted by atomic mass is 9.80. The summed E-state index contributed by atoms with van der Waals surface area (Å²) in [7, 11) is 1.37. The average Bonchev–Trinajstić information content (AvgIpc) is 2.86. The van der Waals surface area contributed by atoms with Crippen LogP contribution in [0.2, 0.25) is 0 Å². The van der Waals surface area contributed by atoms with Gasteiger partial charge in [-0.05, 0) is 16.7 Å². The van der Waals surface area contributed by atoms with Crippen LogP contribution in [-0.4, -0.2) is 59.7 Å². The molecule has 168 valence electrons. The van der Waals surface area contributed by atoms with Gasteiger partial charge in [-0.3, -0.25) is 0 Å². The van der Waals surface area contributed by atoms with Crippen LogP contribution in [0, 0.1) is 0 Å². The first kappa shape index (κ1) is 22.6. The number of aliphatic hydroxyl groups excluding tert-OH is 3. The van der Waals surface area contributed by atoms with E-state index in [2.05, 4.69) is 0 Å². The lowest BCUT2D eigenvalue weighted by molar-refractivity contribution is -0.299. The molecule has 1 saturated heterocycles. The molecule has 3 aromatic carbocycles. The maximum atomic E-state index is 10.6. The Morgan fingerprint density at radius 1 is 0.688 bits per heavy atom. The molecule has 0 amide bonds. The molecule has 0 aliphatic carbocycles. The van der Waals surface area contributed by atoms with Gasteiger partial charge in [0.2, 0.25) is 0 Å². The van der Waals surface area contributed by atoms with Crippen molar-refractivity contribution in [2.75, 3.05) is 13.7 Å². The molecule has 0 bridgehead atoms. The van der Waals surface area contributed by atoms with Crippen LogP contribution in [0.3, 0.4) is 0 Å². The van der Waals surface area contributed by atoms with Gasteiger partial charge in [0.25, 0.3) is 0 Å². The van der Waals surface area contributed by atoms with E-state index in [1.807, 2.05) is 91.0 Å². The Morgan fingerprint density at radius 3 is 1.53 bits per heavy atom. The second-order valence-electron chi connectivity index (χ2n) is 7.84. The first-order valence-corrected chi connectivity index (χ1v) is 10.6. The maximum absolute atomic E-state index is 10.6. The highest BCUT2D eigenvalue weighted by atomic mass is 16.7. The van der Waals surface area contributed by atoms with Gasteiger partial charge in [-0.15, -0.1) is 0 Å². The third-order valence-corrected chi connectivity index (χ3v) is 5.91. The van der Waals surface area contributed by atoms with E-state index in [9.17, 15) is 15.3 Å². The number of hydrogen-bond donors (Lipinski definition) is 3. The fourth-order valence-electron chi connectivity index (χ4n) is 4.22. The van der Waals surface area contributed by atoms with E-state index in [0.29, 0.717) is 0 Å². The fraction of sp³-hybridized carbons (Fsp3) is 0.308. The van der Waals surface area contributed by atoms with Gasteiger partial charge in [0.15, 0.2) is 6.29 Å². The van der Waals surface area contributed by atoms with Crippen molar-refractivity contribution in [3.63, 3.8) is 0 Å². The molecule has 1 fully saturated rings. The third-order valence-electron chi connectivity index (χ3n) is 5.91. The molecule has 0 saturated carbocycles. The number of hydrogen-bond acceptors (Lipinski definition) is 6. The molecule has 32 heavy (non-hydrogen) atoms. The van der Waals surface area contributed by atoms with Crippen LogP contribution in [0.15, 0.2) is 91.0 Å². The standard InChI is InChI=1S/C26H28O6/c1-30-25-24(29)23(28)22(27)21(32-25)17-31-26(18-11-5-2-6-12-18,19-13-7-3-8-14-19)20-15-9-4-10-16-20/h2-16,21-25,27-29H,17H2,1H3/t21-,22-,23+,24+,25-/m0/s1. The maximum Gasteiger partial charge on any atom is 0.186 e. The third kappa shape index (κ3) is 4.21. The highest BCUT2D eigenvalue weighted by Gasteiger charge is 2.46. The molecule has 6 heteroatoms. The number of benzene rings is 3. The highest BCUT2D eigenvalue weighted by molar-refractivity contribution is 5.47. The molecule has 0 aromatic heterocycles. The summed E-state index contributed by atoms with van der Waals surface area (Å²) in [5, 5.41) is 30.9. The molecule has 6 nitrogen and oxygen atoms in total. The molecule has 5 atom stereocenters. The van der Waals surface area contributed by atoms with E-state index >= 15 is 0 Å². The molecule has 3 aromatic rings. The Kier molecular flexibility index (Phi) is 7.01. The SMILES string of the molecule is CO[C@H]1O[C@@H](COC(c2ccccc2)(c2ccccc2)c2ccccc2)[C@H](O)[C@@H](O)[C@H]1O. The molecule has 1 aliphatic heterocycles. The zero-order chi connectivity index (χ0) is 22.6. The Balaban J connectivity index is 1.77. The molecular formula is C26H28O6. The normalized spacial score (nSPS) is 26.1. The molecule has 1 aliphatic rings. The minimum atomic E-state index is -1.41. The monoisotopic (exact) mass is 436 g/mol. The van der Waals surface area contributed by atoms with Gasteiger partial charge in [-0.1, -0.05) is 91.0 Å². The van der Waals surface area contributed by atoms with Crippen LogP contribution < -0.4 is 0 Å². The second-order valence-corrected chi connectivity index (χ2v) is 7.84. The summed E-state index contributed by atoms with van der Waals surface area (Å²) >= 11 is 0. The quantitative estimate of drug-likeness (QED) is 0.493. The smallest absolute Gasteiger partial charge is 0.186 e. The van der Waals surface area contributed by atoms with E-state index in [1.54, 1.807) is 0 Å². The van der Waals surface area contributed by atoms with Gasteiger partial charge in [0, 0.05) is 7.11 Å². The minimum absolute atomic E-state index is 0.0521. The molecular weight excluding hydrogens is 408 g/mol. The van der Waals surface area contributed by atoms with Crippen LogP contribution in [0.5, 0.6) is 0 Å². The van der Waals surface area contributed by atoms with Crippen molar-refractivity contribution in [3.05, 3.63) is 108 Å². The van der Waals surface area contributed by atoms with Crippen LogP contribution >= 0.6 is 0 Å². The van der Waals surface area contributed by atoms with Gasteiger partial charge in [-0.25, -0.2) is 0 Å². The lowest BCUT2D eigenvalue weighted by Gasteiger charge is -2.42. The molecule has 3 N–H and O–H groups in total. The summed E-state index contributed by atoms with van der Waals surface area (Å²) < 4.78 is 17.5. The number of methoxy groups -OCH3 is 1. The van der Waals surface area contributed by atoms with Gasteiger partial charge < -0.3 is 29.5 Å². The Bertz CT molecular complexity index is 867. The zero-order valence-corrected chi connectivity index (χ0v) is 17.8. The lowest BCUT2D eigenvalue weighted by Crippen LogP contribution is -2.59. The molecule has 0 unspecified atom stereocenters. The van der Waals surface area contributed by atoms with Crippen LogP contribution in [-0.2, 0) is 19.8 Å². The molecule has 1 heterocycles. The van der Waals surface area contributed by atoms with E-state index < -0.39 is 36.3 Å². The van der Waals surface area contributed by atoms with Gasteiger partial charge in [0.1, 0.15) is 30.0 Å². The largest absolute Gasteiger partial charge is 0.387 e. The van der Waals surface area contributed by atoms with E-state index in [0.717, 1.165) is 16.7 Å². The van der Waals surface area contributed by atoms with Crippen molar-refractivity contribution in [1.29, 1.82) is 0 Å².